The van der Waals surface area contributed by atoms with E-state index in [1.54, 1.807) is 17.0 Å². The van der Waals surface area contributed by atoms with E-state index in [-0.39, 0.29) is 18.1 Å². The maximum Gasteiger partial charge on any atom is 0.387 e. The molecule has 3 rings (SSSR count). The molecule has 0 atom stereocenters. The Bertz CT molecular complexity index is 730. The number of amides is 3. The fraction of sp³-hybridized carbons (Fsp3) is 0.526. The minimum absolute atomic E-state index is 0.0354. The zero-order valence-corrected chi connectivity index (χ0v) is 15.9. The van der Waals surface area contributed by atoms with Crippen LogP contribution < -0.4 is 4.74 Å². The molecule has 3 amide bonds. The number of morpholine rings is 1. The maximum atomic E-state index is 12.5. The molecular formula is C19H23F2N3O5. The molecule has 2 saturated heterocycles. The van der Waals surface area contributed by atoms with Crippen LogP contribution in [0.1, 0.15) is 5.56 Å². The molecule has 0 radical (unpaired) electrons. The molecule has 158 valence electrons. The van der Waals surface area contributed by atoms with Crippen LogP contribution in [0.25, 0.3) is 0 Å². The van der Waals surface area contributed by atoms with Crippen molar-refractivity contribution in [1.82, 2.24) is 14.7 Å². The first-order valence-electron chi connectivity index (χ1n) is 9.41. The second kappa shape index (κ2) is 9.64. The van der Waals surface area contributed by atoms with E-state index < -0.39 is 18.4 Å². The zero-order chi connectivity index (χ0) is 20.8. The Morgan fingerprint density at radius 2 is 1.38 bits per heavy atom. The van der Waals surface area contributed by atoms with Crippen molar-refractivity contribution >= 4 is 17.7 Å². The summed E-state index contributed by atoms with van der Waals surface area (Å²) in [6.45, 7) is 0.0446. The van der Waals surface area contributed by atoms with Gasteiger partial charge in [-0.05, 0) is 17.7 Å². The number of rotatable bonds is 4. The summed E-state index contributed by atoms with van der Waals surface area (Å²) < 4.78 is 33.8. The molecule has 8 nitrogen and oxygen atoms in total. The predicted octanol–water partition coefficient (Wildman–Crippen LogP) is 0.360. The molecule has 0 saturated carbocycles. The number of alkyl halides is 2. The van der Waals surface area contributed by atoms with Gasteiger partial charge in [-0.15, -0.1) is 0 Å². The van der Waals surface area contributed by atoms with Crippen LogP contribution in [-0.4, -0.2) is 91.5 Å². The minimum Gasteiger partial charge on any atom is -0.435 e. The third kappa shape index (κ3) is 5.63. The molecule has 0 aliphatic carbocycles. The van der Waals surface area contributed by atoms with Crippen LogP contribution >= 0.6 is 0 Å². The van der Waals surface area contributed by atoms with Gasteiger partial charge in [0.05, 0.1) is 19.6 Å². The van der Waals surface area contributed by atoms with E-state index in [0.717, 1.165) is 0 Å². The SMILES string of the molecule is O=C(Cc1ccc(OC(F)F)cc1)N1CCN(C(=O)C(=O)N2CCOCC2)CC1. The van der Waals surface area contributed by atoms with Crippen molar-refractivity contribution in [3.05, 3.63) is 29.8 Å². The number of carbonyl (C=O) groups is 3. The van der Waals surface area contributed by atoms with Crippen LogP contribution in [0.5, 0.6) is 5.75 Å². The molecule has 0 N–H and O–H groups in total. The summed E-state index contributed by atoms with van der Waals surface area (Å²) in [4.78, 5) is 41.8. The lowest BCUT2D eigenvalue weighted by atomic mass is 10.1. The normalized spacial score (nSPS) is 17.4. The summed E-state index contributed by atoms with van der Waals surface area (Å²) in [5.41, 5.74) is 0.678. The molecule has 29 heavy (non-hydrogen) atoms. The second-order valence-corrected chi connectivity index (χ2v) is 6.78. The van der Waals surface area contributed by atoms with E-state index in [2.05, 4.69) is 4.74 Å². The monoisotopic (exact) mass is 411 g/mol. The van der Waals surface area contributed by atoms with Gasteiger partial charge in [0.2, 0.25) is 5.91 Å². The van der Waals surface area contributed by atoms with Crippen LogP contribution in [-0.2, 0) is 25.5 Å². The van der Waals surface area contributed by atoms with Gasteiger partial charge in [0, 0.05) is 39.3 Å². The van der Waals surface area contributed by atoms with E-state index in [1.165, 1.54) is 21.9 Å². The number of benzene rings is 1. The Morgan fingerprint density at radius 1 is 0.862 bits per heavy atom. The van der Waals surface area contributed by atoms with Crippen molar-refractivity contribution in [3.63, 3.8) is 0 Å². The molecule has 2 heterocycles. The molecule has 0 aromatic heterocycles. The van der Waals surface area contributed by atoms with Crippen LogP contribution in [0, 0.1) is 0 Å². The summed E-state index contributed by atoms with van der Waals surface area (Å²) in [7, 11) is 0. The van der Waals surface area contributed by atoms with Crippen LogP contribution in [0.2, 0.25) is 0 Å². The highest BCUT2D eigenvalue weighted by Crippen LogP contribution is 2.16. The lowest BCUT2D eigenvalue weighted by Crippen LogP contribution is -2.55. The van der Waals surface area contributed by atoms with Gasteiger partial charge in [-0.3, -0.25) is 14.4 Å². The zero-order valence-electron chi connectivity index (χ0n) is 15.9. The molecule has 0 unspecified atom stereocenters. The molecule has 0 bridgehead atoms. The highest BCUT2D eigenvalue weighted by molar-refractivity contribution is 6.34. The predicted molar refractivity (Wildman–Crippen MR) is 97.3 cm³/mol. The van der Waals surface area contributed by atoms with Crippen LogP contribution in [0.15, 0.2) is 24.3 Å². The van der Waals surface area contributed by atoms with Crippen molar-refractivity contribution in [3.8, 4) is 5.75 Å². The average Bonchev–Trinajstić information content (AvgIpc) is 2.74. The highest BCUT2D eigenvalue weighted by atomic mass is 19.3. The van der Waals surface area contributed by atoms with Gasteiger partial charge < -0.3 is 24.2 Å². The molecule has 0 spiro atoms. The molecule has 1 aromatic rings. The summed E-state index contributed by atoms with van der Waals surface area (Å²) in [6, 6.07) is 5.91. The van der Waals surface area contributed by atoms with Crippen molar-refractivity contribution < 1.29 is 32.6 Å². The third-order valence-electron chi connectivity index (χ3n) is 4.90. The summed E-state index contributed by atoms with van der Waals surface area (Å²) >= 11 is 0. The van der Waals surface area contributed by atoms with Gasteiger partial charge in [-0.25, -0.2) is 0 Å². The van der Waals surface area contributed by atoms with Gasteiger partial charge in [-0.2, -0.15) is 8.78 Å². The topological polar surface area (TPSA) is 79.4 Å². The summed E-state index contributed by atoms with van der Waals surface area (Å²) in [5, 5.41) is 0. The Hall–Kier alpha value is -2.75. The number of ether oxygens (including phenoxy) is 2. The molecule has 2 aliphatic heterocycles. The fourth-order valence-electron chi connectivity index (χ4n) is 3.27. The van der Waals surface area contributed by atoms with Crippen molar-refractivity contribution in [2.75, 3.05) is 52.5 Å². The van der Waals surface area contributed by atoms with E-state index in [9.17, 15) is 23.2 Å². The van der Waals surface area contributed by atoms with Crippen LogP contribution in [0.4, 0.5) is 8.78 Å². The van der Waals surface area contributed by atoms with Gasteiger partial charge in [0.1, 0.15) is 5.75 Å². The molecular weight excluding hydrogens is 388 g/mol. The lowest BCUT2D eigenvalue weighted by molar-refractivity contribution is -0.155. The molecule has 10 heteroatoms. The van der Waals surface area contributed by atoms with Gasteiger partial charge in [0.15, 0.2) is 0 Å². The average molecular weight is 411 g/mol. The van der Waals surface area contributed by atoms with Gasteiger partial charge in [-0.1, -0.05) is 12.1 Å². The molecule has 1 aromatic carbocycles. The number of piperazine rings is 1. The van der Waals surface area contributed by atoms with Crippen molar-refractivity contribution in [1.29, 1.82) is 0 Å². The van der Waals surface area contributed by atoms with Crippen molar-refractivity contribution in [2.24, 2.45) is 0 Å². The first-order chi connectivity index (χ1) is 13.9. The first kappa shape index (κ1) is 21.0. The maximum absolute atomic E-state index is 12.5. The van der Waals surface area contributed by atoms with Gasteiger partial charge >= 0.3 is 18.4 Å². The summed E-state index contributed by atoms with van der Waals surface area (Å²) in [5.74, 6) is -1.17. The van der Waals surface area contributed by atoms with E-state index in [1.807, 2.05) is 0 Å². The largest absolute Gasteiger partial charge is 0.435 e. The number of halogens is 2. The fourth-order valence-corrected chi connectivity index (χ4v) is 3.27. The minimum atomic E-state index is -2.89. The van der Waals surface area contributed by atoms with E-state index in [4.69, 9.17) is 4.74 Å². The Kier molecular flexibility index (Phi) is 6.97. The quantitative estimate of drug-likeness (QED) is 0.669. The molecule has 2 fully saturated rings. The van der Waals surface area contributed by atoms with Crippen LogP contribution in [0.3, 0.4) is 0 Å². The number of nitrogens with zero attached hydrogens (tertiary/aromatic N) is 3. The Labute approximate surface area is 166 Å². The smallest absolute Gasteiger partial charge is 0.387 e. The van der Waals surface area contributed by atoms with E-state index >= 15 is 0 Å². The molecule has 2 aliphatic rings. The standard InChI is InChI=1S/C19H23F2N3O5/c20-19(21)29-15-3-1-14(2-4-15)13-16(25)22-5-7-23(8-6-22)17(26)18(27)24-9-11-28-12-10-24/h1-4,19H,5-13H2. The third-order valence-corrected chi connectivity index (χ3v) is 4.90. The van der Waals surface area contributed by atoms with E-state index in [0.29, 0.717) is 58.0 Å². The van der Waals surface area contributed by atoms with Crippen molar-refractivity contribution in [2.45, 2.75) is 13.0 Å². The Morgan fingerprint density at radius 3 is 1.93 bits per heavy atom. The lowest BCUT2D eigenvalue weighted by Gasteiger charge is -2.36. The number of hydrogen-bond acceptors (Lipinski definition) is 5. The number of hydrogen-bond donors (Lipinski definition) is 0. The highest BCUT2D eigenvalue weighted by Gasteiger charge is 2.31. The Balaban J connectivity index is 1.46. The number of carbonyl (C=O) groups excluding carboxylic acids is 3. The summed E-state index contributed by atoms with van der Waals surface area (Å²) in [6.07, 6.45) is 0.121. The van der Waals surface area contributed by atoms with Gasteiger partial charge in [0.25, 0.3) is 0 Å². The first-order valence-corrected chi connectivity index (χ1v) is 9.41. The second-order valence-electron chi connectivity index (χ2n) is 6.78.